The quantitative estimate of drug-likeness (QED) is 0.853. The lowest BCUT2D eigenvalue weighted by Crippen LogP contribution is -2.19. The van der Waals surface area contributed by atoms with E-state index in [2.05, 4.69) is 19.9 Å². The SMILES string of the molecule is Cc1cncc(C(C)C(=O)C(C)c2cncc(C)n2)n1. The minimum Gasteiger partial charge on any atom is -0.298 e. The molecule has 104 valence electrons. The van der Waals surface area contributed by atoms with Crippen molar-refractivity contribution in [1.82, 2.24) is 19.9 Å². The molecule has 0 N–H and O–H groups in total. The van der Waals surface area contributed by atoms with Crippen LogP contribution in [0, 0.1) is 13.8 Å². The highest BCUT2D eigenvalue weighted by Gasteiger charge is 2.25. The number of aromatic nitrogens is 4. The topological polar surface area (TPSA) is 68.6 Å². The van der Waals surface area contributed by atoms with E-state index in [0.717, 1.165) is 11.4 Å². The molecule has 0 spiro atoms. The number of Topliss-reactive ketones (excluding diaryl/α,β-unsaturated/α-hetero) is 1. The minimum atomic E-state index is -0.306. The third kappa shape index (κ3) is 3.04. The molecule has 2 aromatic heterocycles. The molecule has 0 fully saturated rings. The number of rotatable bonds is 4. The van der Waals surface area contributed by atoms with Crippen LogP contribution in [0.4, 0.5) is 0 Å². The molecule has 2 heterocycles. The second kappa shape index (κ2) is 5.86. The van der Waals surface area contributed by atoms with Gasteiger partial charge in [-0.25, -0.2) is 0 Å². The van der Waals surface area contributed by atoms with E-state index in [1.54, 1.807) is 24.8 Å². The average Bonchev–Trinajstić information content (AvgIpc) is 2.45. The van der Waals surface area contributed by atoms with Crippen molar-refractivity contribution in [2.24, 2.45) is 0 Å². The maximum Gasteiger partial charge on any atom is 0.150 e. The molecule has 2 rings (SSSR count). The van der Waals surface area contributed by atoms with Gasteiger partial charge in [-0.1, -0.05) is 0 Å². The number of hydrogen-bond donors (Lipinski definition) is 0. The van der Waals surface area contributed by atoms with Crippen LogP contribution in [0.25, 0.3) is 0 Å². The van der Waals surface area contributed by atoms with Crippen molar-refractivity contribution >= 4 is 5.78 Å². The Morgan fingerprint density at radius 1 is 0.850 bits per heavy atom. The molecule has 0 saturated heterocycles. The van der Waals surface area contributed by atoms with Crippen LogP contribution >= 0.6 is 0 Å². The molecule has 0 aliphatic rings. The van der Waals surface area contributed by atoms with Crippen molar-refractivity contribution in [2.45, 2.75) is 39.5 Å². The zero-order valence-corrected chi connectivity index (χ0v) is 12.2. The number of aryl methyl sites for hydroxylation is 2. The summed E-state index contributed by atoms with van der Waals surface area (Å²) in [5, 5.41) is 0. The van der Waals surface area contributed by atoms with Crippen molar-refractivity contribution < 1.29 is 4.79 Å². The van der Waals surface area contributed by atoms with Gasteiger partial charge in [-0.05, 0) is 27.7 Å². The van der Waals surface area contributed by atoms with E-state index < -0.39 is 0 Å². The zero-order chi connectivity index (χ0) is 14.7. The van der Waals surface area contributed by atoms with Gasteiger partial charge >= 0.3 is 0 Å². The zero-order valence-electron chi connectivity index (χ0n) is 12.2. The monoisotopic (exact) mass is 270 g/mol. The van der Waals surface area contributed by atoms with Crippen LogP contribution < -0.4 is 0 Å². The van der Waals surface area contributed by atoms with Crippen LogP contribution in [0.15, 0.2) is 24.8 Å². The predicted molar refractivity (Wildman–Crippen MR) is 75.4 cm³/mol. The third-order valence-corrected chi connectivity index (χ3v) is 3.29. The highest BCUT2D eigenvalue weighted by Crippen LogP contribution is 2.23. The molecule has 0 aromatic carbocycles. The van der Waals surface area contributed by atoms with Gasteiger partial charge in [-0.3, -0.25) is 24.7 Å². The van der Waals surface area contributed by atoms with E-state index in [-0.39, 0.29) is 17.6 Å². The molecule has 0 radical (unpaired) electrons. The molecule has 20 heavy (non-hydrogen) atoms. The molecule has 0 amide bonds. The first-order valence-electron chi connectivity index (χ1n) is 6.60. The van der Waals surface area contributed by atoms with Gasteiger partial charge in [0.15, 0.2) is 0 Å². The fourth-order valence-corrected chi connectivity index (χ4v) is 2.05. The van der Waals surface area contributed by atoms with E-state index in [4.69, 9.17) is 0 Å². The number of nitrogens with zero attached hydrogens (tertiary/aromatic N) is 4. The molecule has 0 bridgehead atoms. The van der Waals surface area contributed by atoms with Crippen molar-refractivity contribution in [1.29, 1.82) is 0 Å². The smallest absolute Gasteiger partial charge is 0.150 e. The fraction of sp³-hybridized carbons (Fsp3) is 0.400. The summed E-state index contributed by atoms with van der Waals surface area (Å²) in [6.45, 7) is 7.43. The largest absolute Gasteiger partial charge is 0.298 e. The molecule has 2 aromatic rings. The number of carbonyl (C=O) groups excluding carboxylic acids is 1. The van der Waals surface area contributed by atoms with E-state index in [1.165, 1.54) is 0 Å². The second-order valence-corrected chi connectivity index (χ2v) is 5.02. The summed E-state index contributed by atoms with van der Waals surface area (Å²) >= 11 is 0. The maximum absolute atomic E-state index is 12.5. The normalized spacial score (nSPS) is 13.8. The molecule has 0 aliphatic carbocycles. The molecule has 2 atom stereocenters. The molecule has 0 aliphatic heterocycles. The summed E-state index contributed by atoms with van der Waals surface area (Å²) in [5.41, 5.74) is 3.01. The molecule has 5 heteroatoms. The Morgan fingerprint density at radius 2 is 1.25 bits per heavy atom. The maximum atomic E-state index is 12.5. The van der Waals surface area contributed by atoms with Crippen molar-refractivity contribution in [3.8, 4) is 0 Å². The van der Waals surface area contributed by atoms with Crippen LogP contribution in [0.5, 0.6) is 0 Å². The minimum absolute atomic E-state index is 0.0739. The van der Waals surface area contributed by atoms with Gasteiger partial charge in [-0.15, -0.1) is 0 Å². The van der Waals surface area contributed by atoms with Gasteiger partial charge in [0.1, 0.15) is 5.78 Å². The van der Waals surface area contributed by atoms with Crippen LogP contribution in [0.1, 0.15) is 48.5 Å². The highest BCUT2D eigenvalue weighted by atomic mass is 16.1. The van der Waals surface area contributed by atoms with Gasteiger partial charge in [-0.2, -0.15) is 0 Å². The summed E-state index contributed by atoms with van der Waals surface area (Å²) in [5.74, 6) is -0.538. The van der Waals surface area contributed by atoms with Crippen molar-refractivity contribution in [3.63, 3.8) is 0 Å². The Kier molecular flexibility index (Phi) is 4.17. The summed E-state index contributed by atoms with van der Waals surface area (Å²) in [6, 6.07) is 0. The first kappa shape index (κ1) is 14.2. The van der Waals surface area contributed by atoms with E-state index in [9.17, 15) is 4.79 Å². The first-order valence-corrected chi connectivity index (χ1v) is 6.60. The lowest BCUT2D eigenvalue weighted by molar-refractivity contribution is -0.121. The lowest BCUT2D eigenvalue weighted by Gasteiger charge is -2.15. The number of carbonyl (C=O) groups is 1. The Balaban J connectivity index is 2.22. The van der Waals surface area contributed by atoms with Gasteiger partial charge in [0.05, 0.1) is 34.6 Å². The van der Waals surface area contributed by atoms with E-state index in [1.807, 2.05) is 27.7 Å². The summed E-state index contributed by atoms with van der Waals surface area (Å²) < 4.78 is 0. The molecular formula is C15H18N4O. The van der Waals surface area contributed by atoms with Gasteiger partial charge in [0.2, 0.25) is 0 Å². The van der Waals surface area contributed by atoms with Crippen LogP contribution in [0.3, 0.4) is 0 Å². The Morgan fingerprint density at radius 3 is 1.60 bits per heavy atom. The third-order valence-electron chi connectivity index (χ3n) is 3.29. The fourth-order valence-electron chi connectivity index (χ4n) is 2.05. The van der Waals surface area contributed by atoms with Crippen molar-refractivity contribution in [3.05, 3.63) is 47.6 Å². The van der Waals surface area contributed by atoms with Crippen molar-refractivity contribution in [2.75, 3.05) is 0 Å². The highest BCUT2D eigenvalue weighted by molar-refractivity contribution is 5.90. The standard InChI is InChI=1S/C15H18N4O/c1-9-5-16-7-13(18-9)11(3)15(20)12(4)14-8-17-6-10(2)19-14/h5-8,11-12H,1-4H3. The Bertz CT molecular complexity index is 573. The van der Waals surface area contributed by atoms with Crippen LogP contribution in [0.2, 0.25) is 0 Å². The second-order valence-electron chi connectivity index (χ2n) is 5.02. The Labute approximate surface area is 118 Å². The lowest BCUT2D eigenvalue weighted by atomic mass is 9.91. The van der Waals surface area contributed by atoms with Gasteiger partial charge in [0, 0.05) is 24.8 Å². The molecule has 0 saturated carbocycles. The Hall–Kier alpha value is -2.17. The number of hydrogen-bond acceptors (Lipinski definition) is 5. The average molecular weight is 270 g/mol. The van der Waals surface area contributed by atoms with Gasteiger partial charge < -0.3 is 0 Å². The molecule has 2 unspecified atom stereocenters. The molecular weight excluding hydrogens is 252 g/mol. The summed E-state index contributed by atoms with van der Waals surface area (Å²) in [4.78, 5) is 29.5. The van der Waals surface area contributed by atoms with Crippen LogP contribution in [-0.2, 0) is 4.79 Å². The summed E-state index contributed by atoms with van der Waals surface area (Å²) in [7, 11) is 0. The van der Waals surface area contributed by atoms with Gasteiger partial charge in [0.25, 0.3) is 0 Å². The molecule has 5 nitrogen and oxygen atoms in total. The van der Waals surface area contributed by atoms with E-state index in [0.29, 0.717) is 11.4 Å². The van der Waals surface area contributed by atoms with Crippen LogP contribution in [-0.4, -0.2) is 25.7 Å². The predicted octanol–water partition coefficient (Wildman–Crippen LogP) is 2.36. The first-order chi connectivity index (χ1) is 9.49. The summed E-state index contributed by atoms with van der Waals surface area (Å²) in [6.07, 6.45) is 6.64. The number of ketones is 1. The van der Waals surface area contributed by atoms with E-state index >= 15 is 0 Å².